The molecule has 7 nitrogen and oxygen atoms in total. The Balaban J connectivity index is 0.00000450. The van der Waals surface area contributed by atoms with E-state index in [-0.39, 0.29) is 24.0 Å². The molecule has 0 fully saturated rings. The second-order valence-corrected chi connectivity index (χ2v) is 6.77. The highest BCUT2D eigenvalue weighted by Gasteiger charge is 2.13. The molecule has 0 aliphatic rings. The minimum Gasteiger partial charge on any atom is -0.491 e. The van der Waals surface area contributed by atoms with Gasteiger partial charge in [0.05, 0.1) is 25.4 Å². The fourth-order valence-corrected chi connectivity index (χ4v) is 2.97. The van der Waals surface area contributed by atoms with Crippen molar-refractivity contribution < 1.29 is 14.0 Å². The fraction of sp³-hybridized carbons (Fsp3) is 0.545. The number of aliphatic imine (C=N–C) groups is 1. The lowest BCUT2D eigenvalue weighted by molar-refractivity contribution is 0.146. The van der Waals surface area contributed by atoms with Gasteiger partial charge in [0.2, 0.25) is 0 Å². The van der Waals surface area contributed by atoms with E-state index >= 15 is 0 Å². The van der Waals surface area contributed by atoms with Gasteiger partial charge in [-0.25, -0.2) is 4.99 Å². The third kappa shape index (κ3) is 8.91. The van der Waals surface area contributed by atoms with Gasteiger partial charge in [-0.15, -0.1) is 24.0 Å². The maximum absolute atomic E-state index is 5.66. The summed E-state index contributed by atoms with van der Waals surface area (Å²) < 4.78 is 16.2. The van der Waals surface area contributed by atoms with Crippen LogP contribution in [0.5, 0.6) is 5.75 Å². The fourth-order valence-electron chi connectivity index (χ4n) is 2.97. The lowest BCUT2D eigenvalue weighted by atomic mass is 9.99. The van der Waals surface area contributed by atoms with Crippen molar-refractivity contribution in [3.63, 3.8) is 0 Å². The molecule has 0 radical (unpaired) electrons. The molecular formula is C22H35IN4O3. The molecule has 0 aliphatic heterocycles. The van der Waals surface area contributed by atoms with Gasteiger partial charge in [0.1, 0.15) is 12.4 Å². The van der Waals surface area contributed by atoms with Gasteiger partial charge in [-0.3, -0.25) is 0 Å². The maximum atomic E-state index is 5.66. The number of methoxy groups -OCH3 is 1. The van der Waals surface area contributed by atoms with Crippen LogP contribution in [0.2, 0.25) is 0 Å². The minimum absolute atomic E-state index is 0. The Bertz CT molecular complexity index is 747. The quantitative estimate of drug-likeness (QED) is 0.182. The Morgan fingerprint density at radius 2 is 1.93 bits per heavy atom. The number of aromatic nitrogens is 1. The Labute approximate surface area is 197 Å². The highest BCUT2D eigenvalue weighted by Crippen LogP contribution is 2.22. The Hall–Kier alpha value is -1.81. The predicted octanol–water partition coefficient (Wildman–Crippen LogP) is 4.48. The normalized spacial score (nSPS) is 11.3. The van der Waals surface area contributed by atoms with E-state index in [1.807, 2.05) is 37.3 Å². The number of ether oxygens (including phenoxy) is 2. The number of benzene rings is 1. The summed E-state index contributed by atoms with van der Waals surface area (Å²) >= 11 is 0. The molecule has 0 saturated heterocycles. The van der Waals surface area contributed by atoms with Crippen LogP contribution in [0.4, 0.5) is 0 Å². The summed E-state index contributed by atoms with van der Waals surface area (Å²) in [5.41, 5.74) is 2.10. The summed E-state index contributed by atoms with van der Waals surface area (Å²) in [5.74, 6) is 2.82. The highest BCUT2D eigenvalue weighted by molar-refractivity contribution is 14.0. The molecule has 30 heavy (non-hydrogen) atoms. The summed E-state index contributed by atoms with van der Waals surface area (Å²) in [6.07, 6.45) is 2.13. The summed E-state index contributed by atoms with van der Waals surface area (Å²) in [7, 11) is 1.66. The van der Waals surface area contributed by atoms with Gasteiger partial charge in [-0.2, -0.15) is 0 Å². The van der Waals surface area contributed by atoms with E-state index in [0.717, 1.165) is 48.1 Å². The summed E-state index contributed by atoms with van der Waals surface area (Å²) in [6.45, 7) is 9.36. The van der Waals surface area contributed by atoms with E-state index < -0.39 is 0 Å². The topological polar surface area (TPSA) is 80.9 Å². The number of hydrogen-bond donors (Lipinski definition) is 2. The zero-order valence-corrected chi connectivity index (χ0v) is 20.8. The number of hydrogen-bond acceptors (Lipinski definition) is 5. The number of guanidine groups is 1. The van der Waals surface area contributed by atoms with Crippen LogP contribution in [0.25, 0.3) is 0 Å². The van der Waals surface area contributed by atoms with Crippen molar-refractivity contribution in [2.45, 2.75) is 52.6 Å². The largest absolute Gasteiger partial charge is 0.491 e. The first-order valence-corrected chi connectivity index (χ1v) is 10.4. The van der Waals surface area contributed by atoms with Gasteiger partial charge in [0, 0.05) is 25.6 Å². The van der Waals surface area contributed by atoms with E-state index in [1.165, 1.54) is 0 Å². The zero-order valence-electron chi connectivity index (χ0n) is 18.4. The molecule has 1 aromatic heterocycles. The third-order valence-electron chi connectivity index (χ3n) is 4.63. The molecule has 0 atom stereocenters. The van der Waals surface area contributed by atoms with Crippen LogP contribution in [0.15, 0.2) is 39.8 Å². The molecule has 0 spiro atoms. The lowest BCUT2D eigenvalue weighted by Gasteiger charge is -2.10. The van der Waals surface area contributed by atoms with Gasteiger partial charge >= 0.3 is 0 Å². The van der Waals surface area contributed by atoms with Crippen LogP contribution in [-0.2, 0) is 17.8 Å². The number of rotatable bonds is 12. The summed E-state index contributed by atoms with van der Waals surface area (Å²) in [6, 6.07) is 9.99. The van der Waals surface area contributed by atoms with Crippen LogP contribution in [-0.4, -0.2) is 38.0 Å². The monoisotopic (exact) mass is 530 g/mol. The summed E-state index contributed by atoms with van der Waals surface area (Å²) in [5, 5.41) is 10.8. The minimum atomic E-state index is 0. The zero-order chi connectivity index (χ0) is 20.9. The van der Waals surface area contributed by atoms with Crippen molar-refractivity contribution in [2.75, 3.05) is 26.9 Å². The Morgan fingerprint density at radius 1 is 1.13 bits per heavy atom. The van der Waals surface area contributed by atoms with Crippen LogP contribution < -0.4 is 15.4 Å². The van der Waals surface area contributed by atoms with Crippen molar-refractivity contribution in [1.29, 1.82) is 0 Å². The van der Waals surface area contributed by atoms with Crippen LogP contribution in [0.3, 0.4) is 0 Å². The molecule has 0 aliphatic carbocycles. The van der Waals surface area contributed by atoms with Gasteiger partial charge in [0.25, 0.3) is 0 Å². The molecule has 0 saturated carbocycles. The maximum Gasteiger partial charge on any atom is 0.191 e. The van der Waals surface area contributed by atoms with Gasteiger partial charge in [0.15, 0.2) is 11.7 Å². The molecule has 0 amide bonds. The first kappa shape index (κ1) is 26.2. The van der Waals surface area contributed by atoms with Crippen molar-refractivity contribution in [2.24, 2.45) is 4.99 Å². The van der Waals surface area contributed by atoms with Crippen LogP contribution in [0, 0.1) is 0 Å². The lowest BCUT2D eigenvalue weighted by Crippen LogP contribution is -2.36. The van der Waals surface area contributed by atoms with E-state index in [2.05, 4.69) is 34.6 Å². The number of nitrogens with zero attached hydrogens (tertiary/aromatic N) is 2. The molecule has 0 bridgehead atoms. The third-order valence-corrected chi connectivity index (χ3v) is 4.63. The Kier molecular flexibility index (Phi) is 13.2. The molecule has 168 valence electrons. The standard InChI is InChI=1S/C22H34N4O3.HI/c1-5-18(6-2)21-14-20(29-26-21)16-25-22(23-7-3)24-15-17-9-8-10-19(13-17)28-12-11-27-4;/h8-10,13-14,18H,5-7,11-12,15-16H2,1-4H3,(H2,23,24,25);1H. The second-order valence-electron chi connectivity index (χ2n) is 6.77. The van der Waals surface area contributed by atoms with E-state index in [1.54, 1.807) is 7.11 Å². The van der Waals surface area contributed by atoms with Crippen LogP contribution >= 0.6 is 24.0 Å². The van der Waals surface area contributed by atoms with Crippen molar-refractivity contribution in [3.05, 3.63) is 47.3 Å². The molecule has 8 heteroatoms. The van der Waals surface area contributed by atoms with Crippen molar-refractivity contribution in [1.82, 2.24) is 15.8 Å². The van der Waals surface area contributed by atoms with Gasteiger partial charge < -0.3 is 24.6 Å². The van der Waals surface area contributed by atoms with E-state index in [9.17, 15) is 0 Å². The number of halogens is 1. The molecule has 2 N–H and O–H groups in total. The molecule has 0 unspecified atom stereocenters. The van der Waals surface area contributed by atoms with Gasteiger partial charge in [-0.05, 0) is 37.5 Å². The first-order valence-electron chi connectivity index (χ1n) is 10.4. The molecular weight excluding hydrogens is 495 g/mol. The predicted molar refractivity (Wildman–Crippen MR) is 131 cm³/mol. The highest BCUT2D eigenvalue weighted by atomic mass is 127. The first-order chi connectivity index (χ1) is 14.2. The average Bonchev–Trinajstić information content (AvgIpc) is 3.20. The molecule has 1 aromatic carbocycles. The average molecular weight is 530 g/mol. The van der Waals surface area contributed by atoms with Gasteiger partial charge in [-0.1, -0.05) is 31.1 Å². The van der Waals surface area contributed by atoms with E-state index in [0.29, 0.717) is 32.2 Å². The summed E-state index contributed by atoms with van der Waals surface area (Å²) in [4.78, 5) is 4.66. The smallest absolute Gasteiger partial charge is 0.191 e. The molecule has 2 rings (SSSR count). The SMILES string of the molecule is CCNC(=NCc1cccc(OCCOC)c1)NCc1cc(C(CC)CC)no1.I. The molecule has 2 aromatic rings. The van der Waals surface area contributed by atoms with Crippen molar-refractivity contribution in [3.8, 4) is 5.75 Å². The Morgan fingerprint density at radius 3 is 2.63 bits per heavy atom. The van der Waals surface area contributed by atoms with Crippen LogP contribution in [0.1, 0.15) is 56.5 Å². The van der Waals surface area contributed by atoms with Crippen molar-refractivity contribution >= 4 is 29.9 Å². The second kappa shape index (κ2) is 15.1. The molecule has 1 heterocycles. The number of nitrogens with one attached hydrogen (secondary N) is 2. The van der Waals surface area contributed by atoms with E-state index in [4.69, 9.17) is 14.0 Å².